The van der Waals surface area contributed by atoms with Crippen molar-refractivity contribution < 1.29 is 9.21 Å². The number of rotatable bonds is 5. The second-order valence-electron chi connectivity index (χ2n) is 4.64. The highest BCUT2D eigenvalue weighted by atomic mass is 32.2. The molecule has 0 atom stereocenters. The highest BCUT2D eigenvalue weighted by Crippen LogP contribution is 2.22. The Balaban J connectivity index is 1.57. The number of nitrogens with zero attached hydrogens (tertiary/aromatic N) is 4. The molecule has 3 aromatic rings. The van der Waals surface area contributed by atoms with E-state index in [1.165, 1.54) is 0 Å². The molecule has 0 unspecified atom stereocenters. The number of hydrogen-bond donors (Lipinski definition) is 1. The lowest BCUT2D eigenvalue weighted by Gasteiger charge is -2.03. The molecule has 2 heterocycles. The monoisotopic (exact) mass is 337 g/mol. The molecule has 0 bridgehead atoms. The predicted octanol–water partition coefficient (Wildman–Crippen LogP) is 2.73. The minimum atomic E-state index is -0.226. The summed E-state index contributed by atoms with van der Waals surface area (Å²) in [7, 11) is 0. The molecular formula is C16H11N5O2S. The summed E-state index contributed by atoms with van der Waals surface area (Å²) in [4.78, 5) is 15.9. The van der Waals surface area contributed by atoms with Crippen LogP contribution >= 0.6 is 11.8 Å². The van der Waals surface area contributed by atoms with E-state index in [0.717, 1.165) is 17.3 Å². The van der Waals surface area contributed by atoms with Crippen LogP contribution in [0.1, 0.15) is 5.56 Å². The molecule has 1 aromatic carbocycles. The average Bonchev–Trinajstić information content (AvgIpc) is 3.10. The van der Waals surface area contributed by atoms with Crippen LogP contribution in [0, 0.1) is 11.3 Å². The van der Waals surface area contributed by atoms with E-state index in [4.69, 9.17) is 9.68 Å². The summed E-state index contributed by atoms with van der Waals surface area (Å²) < 4.78 is 5.48. The lowest BCUT2D eigenvalue weighted by molar-refractivity contribution is -0.113. The first kappa shape index (κ1) is 15.7. The molecule has 0 radical (unpaired) electrons. The number of amides is 1. The van der Waals surface area contributed by atoms with Gasteiger partial charge in [-0.15, -0.1) is 10.2 Å². The summed E-state index contributed by atoms with van der Waals surface area (Å²) in [6.07, 6.45) is 3.28. The van der Waals surface area contributed by atoms with E-state index < -0.39 is 0 Å². The van der Waals surface area contributed by atoms with Crippen molar-refractivity contribution in [2.75, 3.05) is 11.1 Å². The van der Waals surface area contributed by atoms with Crippen LogP contribution in [-0.2, 0) is 4.79 Å². The molecule has 0 saturated heterocycles. The summed E-state index contributed by atoms with van der Waals surface area (Å²) in [6, 6.07) is 12.3. The lowest BCUT2D eigenvalue weighted by atomic mass is 10.2. The number of benzene rings is 1. The number of thioether (sulfide) groups is 1. The van der Waals surface area contributed by atoms with E-state index in [1.54, 1.807) is 42.7 Å². The molecule has 7 nitrogen and oxygen atoms in total. The van der Waals surface area contributed by atoms with Gasteiger partial charge in [-0.3, -0.25) is 9.78 Å². The Bertz CT molecular complexity index is 889. The zero-order valence-electron chi connectivity index (χ0n) is 12.3. The lowest BCUT2D eigenvalue weighted by Crippen LogP contribution is -2.14. The molecular weight excluding hydrogens is 326 g/mol. The molecule has 1 N–H and O–H groups in total. The molecule has 0 spiro atoms. The van der Waals surface area contributed by atoms with E-state index in [-0.39, 0.29) is 11.7 Å². The molecule has 118 valence electrons. The standard InChI is InChI=1S/C16H11N5O2S/c17-8-11-3-1-5-13(7-11)19-14(22)10-24-16-21-20-15(23-16)12-4-2-6-18-9-12/h1-7,9H,10H2,(H,19,22). The third-order valence-electron chi connectivity index (χ3n) is 2.92. The Hall–Kier alpha value is -3.18. The van der Waals surface area contributed by atoms with Crippen molar-refractivity contribution in [3.63, 3.8) is 0 Å². The van der Waals surface area contributed by atoms with Gasteiger partial charge in [0.25, 0.3) is 5.22 Å². The fraction of sp³-hybridized carbons (Fsp3) is 0.0625. The Labute approximate surface area is 141 Å². The number of pyridine rings is 1. The van der Waals surface area contributed by atoms with Crippen LogP contribution in [0.3, 0.4) is 0 Å². The van der Waals surface area contributed by atoms with Gasteiger partial charge in [0, 0.05) is 18.1 Å². The first-order valence-corrected chi connectivity index (χ1v) is 7.90. The summed E-state index contributed by atoms with van der Waals surface area (Å²) in [5.74, 6) is 0.245. The van der Waals surface area contributed by atoms with Gasteiger partial charge in [-0.2, -0.15) is 5.26 Å². The topological polar surface area (TPSA) is 105 Å². The third-order valence-corrected chi connectivity index (χ3v) is 3.74. The number of nitriles is 1. The largest absolute Gasteiger partial charge is 0.411 e. The Kier molecular flexibility index (Phi) is 4.84. The van der Waals surface area contributed by atoms with Gasteiger partial charge in [0.05, 0.1) is 22.9 Å². The Morgan fingerprint density at radius 1 is 1.29 bits per heavy atom. The Morgan fingerprint density at radius 2 is 2.21 bits per heavy atom. The van der Waals surface area contributed by atoms with Gasteiger partial charge in [0.1, 0.15) is 0 Å². The summed E-state index contributed by atoms with van der Waals surface area (Å²) >= 11 is 1.14. The maximum absolute atomic E-state index is 11.9. The fourth-order valence-electron chi connectivity index (χ4n) is 1.86. The van der Waals surface area contributed by atoms with Gasteiger partial charge in [0.2, 0.25) is 11.8 Å². The van der Waals surface area contributed by atoms with Crippen LogP contribution in [0.15, 0.2) is 58.4 Å². The Morgan fingerprint density at radius 3 is 3.00 bits per heavy atom. The molecule has 1 amide bonds. The highest BCUT2D eigenvalue weighted by Gasteiger charge is 2.11. The van der Waals surface area contributed by atoms with Crippen molar-refractivity contribution in [1.29, 1.82) is 5.26 Å². The molecule has 0 aliphatic carbocycles. The van der Waals surface area contributed by atoms with Crippen LogP contribution in [0.5, 0.6) is 0 Å². The molecule has 0 saturated carbocycles. The van der Waals surface area contributed by atoms with Crippen molar-refractivity contribution >= 4 is 23.4 Å². The molecule has 3 rings (SSSR count). The van der Waals surface area contributed by atoms with Crippen LogP contribution in [0.4, 0.5) is 5.69 Å². The van der Waals surface area contributed by atoms with Crippen molar-refractivity contribution in [1.82, 2.24) is 15.2 Å². The first-order chi connectivity index (χ1) is 11.7. The smallest absolute Gasteiger partial charge is 0.277 e. The predicted molar refractivity (Wildman–Crippen MR) is 88.0 cm³/mol. The third kappa shape index (κ3) is 3.97. The number of nitrogens with one attached hydrogen (secondary N) is 1. The van der Waals surface area contributed by atoms with Crippen molar-refractivity contribution in [2.45, 2.75) is 5.22 Å². The molecule has 0 fully saturated rings. The normalized spacial score (nSPS) is 10.1. The zero-order valence-corrected chi connectivity index (χ0v) is 13.2. The SMILES string of the molecule is N#Cc1cccc(NC(=O)CSc2nnc(-c3cccnc3)o2)c1. The van der Waals surface area contributed by atoms with Crippen LogP contribution in [0.25, 0.3) is 11.5 Å². The minimum Gasteiger partial charge on any atom is -0.411 e. The number of aromatic nitrogens is 3. The fourth-order valence-corrected chi connectivity index (χ4v) is 2.43. The van der Waals surface area contributed by atoms with Crippen molar-refractivity contribution in [2.24, 2.45) is 0 Å². The summed E-state index contributed by atoms with van der Waals surface area (Å²) in [6.45, 7) is 0. The maximum Gasteiger partial charge on any atom is 0.277 e. The molecule has 8 heteroatoms. The number of hydrogen-bond acceptors (Lipinski definition) is 7. The first-order valence-electron chi connectivity index (χ1n) is 6.91. The van der Waals surface area contributed by atoms with Crippen LogP contribution in [-0.4, -0.2) is 26.8 Å². The van der Waals surface area contributed by atoms with Gasteiger partial charge in [0.15, 0.2) is 0 Å². The molecule has 0 aliphatic heterocycles. The number of carbonyl (C=O) groups is 1. The van der Waals surface area contributed by atoms with Crippen molar-refractivity contribution in [3.05, 3.63) is 54.4 Å². The van der Waals surface area contributed by atoms with Crippen LogP contribution < -0.4 is 5.32 Å². The van der Waals surface area contributed by atoms with E-state index in [2.05, 4.69) is 20.5 Å². The second kappa shape index (κ2) is 7.39. The van der Waals surface area contributed by atoms with Gasteiger partial charge < -0.3 is 9.73 Å². The van der Waals surface area contributed by atoms with Gasteiger partial charge in [-0.1, -0.05) is 17.8 Å². The average molecular weight is 337 g/mol. The molecule has 0 aliphatic rings. The highest BCUT2D eigenvalue weighted by molar-refractivity contribution is 7.99. The van der Waals surface area contributed by atoms with Gasteiger partial charge >= 0.3 is 0 Å². The minimum absolute atomic E-state index is 0.117. The van der Waals surface area contributed by atoms with E-state index in [0.29, 0.717) is 22.4 Å². The van der Waals surface area contributed by atoms with Gasteiger partial charge in [-0.25, -0.2) is 0 Å². The molecule has 24 heavy (non-hydrogen) atoms. The summed E-state index contributed by atoms with van der Waals surface area (Å²) in [5, 5.41) is 19.7. The number of carbonyl (C=O) groups excluding carboxylic acids is 1. The van der Waals surface area contributed by atoms with Gasteiger partial charge in [-0.05, 0) is 30.3 Å². The van der Waals surface area contributed by atoms with E-state index in [1.807, 2.05) is 12.1 Å². The van der Waals surface area contributed by atoms with Crippen molar-refractivity contribution in [3.8, 4) is 17.5 Å². The summed E-state index contributed by atoms with van der Waals surface area (Å²) in [5.41, 5.74) is 1.77. The number of anilines is 1. The maximum atomic E-state index is 11.9. The molecule has 2 aromatic heterocycles. The van der Waals surface area contributed by atoms with E-state index >= 15 is 0 Å². The second-order valence-corrected chi connectivity index (χ2v) is 5.57. The zero-order chi connectivity index (χ0) is 16.8. The quantitative estimate of drug-likeness (QED) is 0.714. The van der Waals surface area contributed by atoms with E-state index in [9.17, 15) is 4.79 Å². The van der Waals surface area contributed by atoms with Crippen LogP contribution in [0.2, 0.25) is 0 Å².